The zero-order valence-corrected chi connectivity index (χ0v) is 12.7. The lowest BCUT2D eigenvalue weighted by molar-refractivity contribution is 0.0946. The normalized spacial score (nSPS) is 10.5. The first-order valence-corrected chi connectivity index (χ1v) is 7.28. The Morgan fingerprint density at radius 3 is 2.78 bits per heavy atom. The molecule has 23 heavy (non-hydrogen) atoms. The van der Waals surface area contributed by atoms with E-state index >= 15 is 0 Å². The molecular weight excluding hydrogens is 294 g/mol. The minimum atomic E-state index is -0.212. The molecule has 118 valence electrons. The van der Waals surface area contributed by atoms with Crippen molar-refractivity contribution >= 4 is 5.91 Å². The predicted molar refractivity (Wildman–Crippen MR) is 84.9 cm³/mol. The van der Waals surface area contributed by atoms with Gasteiger partial charge in [0.25, 0.3) is 5.91 Å². The Kier molecular flexibility index (Phi) is 4.42. The van der Waals surface area contributed by atoms with Crippen molar-refractivity contribution in [3.05, 3.63) is 66.2 Å². The Morgan fingerprint density at radius 2 is 2.09 bits per heavy atom. The molecule has 2 aromatic heterocycles. The van der Waals surface area contributed by atoms with Gasteiger partial charge in [0.2, 0.25) is 5.88 Å². The molecule has 0 radical (unpaired) electrons. The first-order chi connectivity index (χ1) is 11.3. The van der Waals surface area contributed by atoms with Gasteiger partial charge in [0, 0.05) is 19.0 Å². The molecule has 0 unspecified atom stereocenters. The maximum Gasteiger partial charge on any atom is 0.270 e. The van der Waals surface area contributed by atoms with Gasteiger partial charge in [0.05, 0.1) is 19.1 Å². The number of para-hydroxylation sites is 1. The van der Waals surface area contributed by atoms with Crippen LogP contribution in [0.4, 0.5) is 0 Å². The molecule has 3 aromatic rings. The van der Waals surface area contributed by atoms with Crippen LogP contribution >= 0.6 is 0 Å². The number of hydrogen-bond acceptors (Lipinski definition) is 4. The molecule has 6 nitrogen and oxygen atoms in total. The van der Waals surface area contributed by atoms with Crippen molar-refractivity contribution in [3.63, 3.8) is 0 Å². The highest BCUT2D eigenvalue weighted by Crippen LogP contribution is 2.17. The van der Waals surface area contributed by atoms with Crippen molar-refractivity contribution in [2.45, 2.75) is 6.42 Å². The van der Waals surface area contributed by atoms with Gasteiger partial charge in [0.1, 0.15) is 11.5 Å². The van der Waals surface area contributed by atoms with E-state index in [1.165, 1.54) is 7.11 Å². The van der Waals surface area contributed by atoms with Crippen LogP contribution in [-0.2, 0) is 6.42 Å². The maximum absolute atomic E-state index is 12.4. The van der Waals surface area contributed by atoms with E-state index < -0.39 is 0 Å². The van der Waals surface area contributed by atoms with E-state index in [1.54, 1.807) is 17.0 Å². The van der Waals surface area contributed by atoms with Crippen molar-refractivity contribution in [2.24, 2.45) is 0 Å². The molecule has 1 amide bonds. The fourth-order valence-electron chi connectivity index (χ4n) is 2.23. The van der Waals surface area contributed by atoms with Gasteiger partial charge >= 0.3 is 0 Å². The number of amides is 1. The van der Waals surface area contributed by atoms with Crippen LogP contribution in [0.25, 0.3) is 5.69 Å². The van der Waals surface area contributed by atoms with Crippen LogP contribution < -0.4 is 10.1 Å². The molecule has 6 heteroatoms. The summed E-state index contributed by atoms with van der Waals surface area (Å²) < 4.78 is 12.0. The second-order valence-electron chi connectivity index (χ2n) is 4.90. The Bertz CT molecular complexity index is 764. The smallest absolute Gasteiger partial charge is 0.270 e. The highest BCUT2D eigenvalue weighted by Gasteiger charge is 2.16. The third-order valence-electron chi connectivity index (χ3n) is 3.37. The van der Waals surface area contributed by atoms with Gasteiger partial charge in [-0.1, -0.05) is 18.2 Å². The topological polar surface area (TPSA) is 69.3 Å². The van der Waals surface area contributed by atoms with E-state index in [-0.39, 0.29) is 5.91 Å². The highest BCUT2D eigenvalue weighted by atomic mass is 16.5. The number of carbonyl (C=O) groups excluding carboxylic acids is 1. The molecule has 0 aliphatic rings. The molecule has 1 aromatic carbocycles. The SMILES string of the molecule is COc1cc(C(=O)NCCc2ccco2)n(-c2ccccc2)n1. The summed E-state index contributed by atoms with van der Waals surface area (Å²) in [5.74, 6) is 1.01. The number of methoxy groups -OCH3 is 1. The number of benzene rings is 1. The van der Waals surface area contributed by atoms with Gasteiger partial charge in [-0.15, -0.1) is 5.10 Å². The third kappa shape index (κ3) is 3.42. The first kappa shape index (κ1) is 14.9. The van der Waals surface area contributed by atoms with Gasteiger partial charge in [-0.3, -0.25) is 4.79 Å². The average molecular weight is 311 g/mol. The lowest BCUT2D eigenvalue weighted by Crippen LogP contribution is -2.27. The molecule has 0 saturated heterocycles. The van der Waals surface area contributed by atoms with Crippen LogP contribution in [0.5, 0.6) is 5.88 Å². The van der Waals surface area contributed by atoms with Crippen molar-refractivity contribution in [3.8, 4) is 11.6 Å². The van der Waals surface area contributed by atoms with Gasteiger partial charge in [-0.05, 0) is 24.3 Å². The van der Waals surface area contributed by atoms with E-state index in [2.05, 4.69) is 10.4 Å². The number of hydrogen-bond donors (Lipinski definition) is 1. The second kappa shape index (κ2) is 6.83. The molecule has 0 aliphatic carbocycles. The summed E-state index contributed by atoms with van der Waals surface area (Å²) in [6.45, 7) is 0.481. The monoisotopic (exact) mass is 311 g/mol. The Morgan fingerprint density at radius 1 is 1.26 bits per heavy atom. The van der Waals surface area contributed by atoms with Crippen LogP contribution in [0, 0.1) is 0 Å². The fourth-order valence-corrected chi connectivity index (χ4v) is 2.23. The van der Waals surface area contributed by atoms with Crippen LogP contribution in [0.1, 0.15) is 16.2 Å². The summed E-state index contributed by atoms with van der Waals surface area (Å²) in [7, 11) is 1.52. The molecule has 0 saturated carbocycles. The number of ether oxygens (including phenoxy) is 1. The summed E-state index contributed by atoms with van der Waals surface area (Å²) in [5, 5.41) is 7.16. The summed E-state index contributed by atoms with van der Waals surface area (Å²) in [5.41, 5.74) is 1.22. The lowest BCUT2D eigenvalue weighted by Gasteiger charge is -2.07. The van der Waals surface area contributed by atoms with E-state index in [4.69, 9.17) is 9.15 Å². The molecule has 1 N–H and O–H groups in total. The summed E-state index contributed by atoms with van der Waals surface area (Å²) in [6.07, 6.45) is 2.25. The number of aromatic nitrogens is 2. The summed E-state index contributed by atoms with van der Waals surface area (Å²) in [4.78, 5) is 12.4. The van der Waals surface area contributed by atoms with E-state index in [0.29, 0.717) is 24.5 Å². The zero-order chi connectivity index (χ0) is 16.1. The van der Waals surface area contributed by atoms with Crippen LogP contribution in [0.2, 0.25) is 0 Å². The van der Waals surface area contributed by atoms with Crippen molar-refractivity contribution in [1.29, 1.82) is 0 Å². The fraction of sp³-hybridized carbons (Fsp3) is 0.176. The maximum atomic E-state index is 12.4. The molecule has 0 bridgehead atoms. The first-order valence-electron chi connectivity index (χ1n) is 7.28. The molecule has 2 heterocycles. The van der Waals surface area contributed by atoms with E-state index in [1.807, 2.05) is 42.5 Å². The Balaban J connectivity index is 1.75. The number of nitrogens with zero attached hydrogens (tertiary/aromatic N) is 2. The van der Waals surface area contributed by atoms with Crippen molar-refractivity contribution < 1.29 is 13.9 Å². The van der Waals surface area contributed by atoms with Gasteiger partial charge in [-0.2, -0.15) is 0 Å². The Labute approximate surface area is 133 Å². The predicted octanol–water partition coefficient (Wildman–Crippen LogP) is 2.45. The largest absolute Gasteiger partial charge is 0.480 e. The number of rotatable bonds is 6. The van der Waals surface area contributed by atoms with Crippen LogP contribution in [0.15, 0.2) is 59.2 Å². The minimum absolute atomic E-state index is 0.212. The molecule has 3 rings (SSSR count). The van der Waals surface area contributed by atoms with Crippen LogP contribution in [-0.4, -0.2) is 29.3 Å². The minimum Gasteiger partial charge on any atom is -0.480 e. The second-order valence-corrected chi connectivity index (χ2v) is 4.90. The Hall–Kier alpha value is -3.02. The third-order valence-corrected chi connectivity index (χ3v) is 3.37. The molecule has 0 aliphatic heterocycles. The molecule has 0 atom stereocenters. The van der Waals surface area contributed by atoms with Crippen molar-refractivity contribution in [1.82, 2.24) is 15.1 Å². The van der Waals surface area contributed by atoms with Gasteiger partial charge in [0.15, 0.2) is 0 Å². The highest BCUT2D eigenvalue weighted by molar-refractivity contribution is 5.93. The lowest BCUT2D eigenvalue weighted by atomic mass is 10.3. The standard InChI is InChI=1S/C17H17N3O3/c1-22-16-12-15(20(19-16)13-6-3-2-4-7-13)17(21)18-10-9-14-8-5-11-23-14/h2-8,11-12H,9-10H2,1H3,(H,18,21). The molecule has 0 fully saturated rings. The number of carbonyl (C=O) groups is 1. The zero-order valence-electron chi connectivity index (χ0n) is 12.7. The van der Waals surface area contributed by atoms with Gasteiger partial charge in [-0.25, -0.2) is 4.68 Å². The molecule has 0 spiro atoms. The average Bonchev–Trinajstić information content (AvgIpc) is 3.25. The molecular formula is C17H17N3O3. The summed E-state index contributed by atoms with van der Waals surface area (Å²) in [6, 6.07) is 14.8. The number of nitrogens with one attached hydrogen (secondary N) is 1. The van der Waals surface area contributed by atoms with Crippen LogP contribution in [0.3, 0.4) is 0 Å². The van der Waals surface area contributed by atoms with Gasteiger partial charge < -0.3 is 14.5 Å². The quantitative estimate of drug-likeness (QED) is 0.759. The van der Waals surface area contributed by atoms with Crippen molar-refractivity contribution in [2.75, 3.05) is 13.7 Å². The number of furan rings is 1. The van der Waals surface area contributed by atoms with E-state index in [0.717, 1.165) is 11.4 Å². The van der Waals surface area contributed by atoms with E-state index in [9.17, 15) is 4.79 Å². The summed E-state index contributed by atoms with van der Waals surface area (Å²) >= 11 is 0.